The first kappa shape index (κ1) is 23.0. The highest BCUT2D eigenvalue weighted by atomic mass is 35.5. The van der Waals surface area contributed by atoms with Crippen LogP contribution < -0.4 is 20.2 Å². The molecule has 0 unspecified atom stereocenters. The molecule has 33 heavy (non-hydrogen) atoms. The lowest BCUT2D eigenvalue weighted by Gasteiger charge is -2.23. The maximum Gasteiger partial charge on any atom is 0.338 e. The third-order valence-corrected chi connectivity index (χ3v) is 7.13. The van der Waals surface area contributed by atoms with Crippen molar-refractivity contribution in [3.63, 3.8) is 0 Å². The van der Waals surface area contributed by atoms with Gasteiger partial charge >= 0.3 is 11.9 Å². The van der Waals surface area contributed by atoms with E-state index in [1.807, 2.05) is 17.5 Å². The van der Waals surface area contributed by atoms with E-state index in [1.54, 1.807) is 19.9 Å². The second-order valence-corrected chi connectivity index (χ2v) is 9.36. The third-order valence-electron chi connectivity index (χ3n) is 4.90. The fraction of sp³-hybridized carbons (Fsp3) is 0.182. The Bertz CT molecular complexity index is 1450. The average molecular weight is 504 g/mol. The number of nitrogens with zero attached hydrogens (tertiary/aromatic N) is 2. The first-order valence-electron chi connectivity index (χ1n) is 9.82. The number of anilines is 1. The van der Waals surface area contributed by atoms with Crippen LogP contribution in [-0.2, 0) is 9.53 Å². The van der Waals surface area contributed by atoms with Gasteiger partial charge in [-0.25, -0.2) is 14.6 Å². The number of aromatic nitrogens is 1. The van der Waals surface area contributed by atoms with Crippen LogP contribution in [0.15, 0.2) is 56.8 Å². The minimum atomic E-state index is -1.15. The SMILES string of the molecule is CCOC(=O)C1=C(C)N=c2s/c(=C\Nc3ccc(Cl)c(C(=O)O)c3)c(=O)n2[C@H]1c1cccs1. The minimum absolute atomic E-state index is 0.0519. The number of fused-ring (bicyclic) bond motifs is 1. The van der Waals surface area contributed by atoms with E-state index < -0.39 is 18.0 Å². The molecule has 4 rings (SSSR count). The number of halogens is 1. The molecule has 0 amide bonds. The van der Waals surface area contributed by atoms with Crippen LogP contribution in [0.2, 0.25) is 5.02 Å². The summed E-state index contributed by atoms with van der Waals surface area (Å²) in [6.07, 6.45) is 1.49. The Labute approximate surface area is 200 Å². The molecule has 2 N–H and O–H groups in total. The number of carboxylic acid groups (broad SMARTS) is 1. The molecule has 170 valence electrons. The summed E-state index contributed by atoms with van der Waals surface area (Å²) in [7, 11) is 0. The van der Waals surface area contributed by atoms with Crippen LogP contribution in [0.3, 0.4) is 0 Å². The van der Waals surface area contributed by atoms with Gasteiger partial charge in [-0.3, -0.25) is 9.36 Å². The van der Waals surface area contributed by atoms with Crippen LogP contribution in [0.25, 0.3) is 6.20 Å². The minimum Gasteiger partial charge on any atom is -0.478 e. The van der Waals surface area contributed by atoms with Crippen molar-refractivity contribution >= 4 is 58.1 Å². The van der Waals surface area contributed by atoms with Crippen molar-refractivity contribution in [3.8, 4) is 0 Å². The van der Waals surface area contributed by atoms with E-state index in [0.29, 0.717) is 26.3 Å². The summed E-state index contributed by atoms with van der Waals surface area (Å²) in [5.74, 6) is -1.66. The molecule has 1 atom stereocenters. The summed E-state index contributed by atoms with van der Waals surface area (Å²) in [5.41, 5.74) is 0.905. The number of thiazole rings is 1. The topological polar surface area (TPSA) is 110 Å². The van der Waals surface area contributed by atoms with Gasteiger partial charge in [0.15, 0.2) is 4.80 Å². The van der Waals surface area contributed by atoms with Crippen LogP contribution >= 0.6 is 34.3 Å². The zero-order chi connectivity index (χ0) is 23.7. The average Bonchev–Trinajstić information content (AvgIpc) is 3.40. The highest BCUT2D eigenvalue weighted by molar-refractivity contribution is 7.10. The summed E-state index contributed by atoms with van der Waals surface area (Å²) in [4.78, 5) is 43.2. The number of rotatable bonds is 6. The lowest BCUT2D eigenvalue weighted by atomic mass is 10.0. The second kappa shape index (κ2) is 9.34. The smallest absolute Gasteiger partial charge is 0.338 e. The molecular formula is C22H18ClN3O5S2. The number of hydrogen-bond donors (Lipinski definition) is 2. The molecule has 11 heteroatoms. The third kappa shape index (κ3) is 4.37. The Morgan fingerprint density at radius 2 is 2.15 bits per heavy atom. The number of aromatic carboxylic acids is 1. The summed E-state index contributed by atoms with van der Waals surface area (Å²) in [5, 5.41) is 14.2. The van der Waals surface area contributed by atoms with E-state index in [0.717, 1.165) is 4.88 Å². The number of carbonyl (C=O) groups is 2. The number of carbonyl (C=O) groups excluding carboxylic acids is 1. The molecule has 0 radical (unpaired) electrons. The number of nitrogens with one attached hydrogen (secondary N) is 1. The number of allylic oxidation sites excluding steroid dienone is 1. The number of carboxylic acids is 1. The van der Waals surface area contributed by atoms with Gasteiger partial charge in [-0.05, 0) is 43.5 Å². The maximum absolute atomic E-state index is 13.4. The van der Waals surface area contributed by atoms with Crippen LogP contribution in [-0.4, -0.2) is 28.2 Å². The van der Waals surface area contributed by atoms with Crippen molar-refractivity contribution in [1.29, 1.82) is 0 Å². The van der Waals surface area contributed by atoms with Crippen molar-refractivity contribution in [2.45, 2.75) is 19.9 Å². The zero-order valence-corrected chi connectivity index (χ0v) is 19.9. The predicted molar refractivity (Wildman–Crippen MR) is 128 cm³/mol. The monoisotopic (exact) mass is 503 g/mol. The Balaban J connectivity index is 1.81. The lowest BCUT2D eigenvalue weighted by Crippen LogP contribution is -2.39. The standard InChI is InChI=1S/C22H18ClN3O5S2/c1-3-31-21(30)17-11(2)25-22-26(18(17)15-5-4-8-32-15)19(27)16(33-22)10-24-12-6-7-14(23)13(9-12)20(28)29/h4-10,18,24H,3H2,1-2H3,(H,28,29)/b16-10-/t18-/m0/s1. The van der Waals surface area contributed by atoms with Gasteiger partial charge < -0.3 is 15.2 Å². The normalized spacial score (nSPS) is 15.7. The molecule has 0 spiro atoms. The Kier molecular flexibility index (Phi) is 6.50. The van der Waals surface area contributed by atoms with Gasteiger partial charge in [0, 0.05) is 16.8 Å². The van der Waals surface area contributed by atoms with E-state index in [2.05, 4.69) is 10.3 Å². The predicted octanol–water partition coefficient (Wildman–Crippen LogP) is 3.23. The molecule has 0 bridgehead atoms. The summed E-state index contributed by atoms with van der Waals surface area (Å²) in [6, 6.07) is 7.54. The first-order valence-corrected chi connectivity index (χ1v) is 11.9. The van der Waals surface area contributed by atoms with Crippen molar-refractivity contribution in [2.24, 2.45) is 4.99 Å². The van der Waals surface area contributed by atoms with Crippen LogP contribution in [0.4, 0.5) is 5.69 Å². The van der Waals surface area contributed by atoms with E-state index in [1.165, 1.54) is 45.6 Å². The van der Waals surface area contributed by atoms with Gasteiger partial charge in [0.05, 0.1) is 28.5 Å². The zero-order valence-electron chi connectivity index (χ0n) is 17.5. The number of hydrogen-bond acceptors (Lipinski definition) is 8. The number of ether oxygens (including phenoxy) is 1. The van der Waals surface area contributed by atoms with E-state index >= 15 is 0 Å². The molecular weight excluding hydrogens is 486 g/mol. The van der Waals surface area contributed by atoms with Crippen molar-refractivity contribution in [1.82, 2.24) is 4.57 Å². The first-order chi connectivity index (χ1) is 15.8. The molecule has 1 aliphatic heterocycles. The van der Waals surface area contributed by atoms with Crippen LogP contribution in [0.5, 0.6) is 0 Å². The number of benzene rings is 1. The summed E-state index contributed by atoms with van der Waals surface area (Å²) >= 11 is 8.52. The summed E-state index contributed by atoms with van der Waals surface area (Å²) < 4.78 is 7.09. The highest BCUT2D eigenvalue weighted by Crippen LogP contribution is 2.33. The van der Waals surface area contributed by atoms with Crippen molar-refractivity contribution in [3.05, 3.63) is 82.1 Å². The highest BCUT2D eigenvalue weighted by Gasteiger charge is 2.33. The molecule has 1 aliphatic rings. The van der Waals surface area contributed by atoms with Gasteiger partial charge in [-0.15, -0.1) is 11.3 Å². The van der Waals surface area contributed by atoms with E-state index in [9.17, 15) is 19.5 Å². The van der Waals surface area contributed by atoms with E-state index in [4.69, 9.17) is 16.3 Å². The lowest BCUT2D eigenvalue weighted by molar-refractivity contribution is -0.139. The van der Waals surface area contributed by atoms with Gasteiger partial charge in [0.25, 0.3) is 5.56 Å². The van der Waals surface area contributed by atoms with Crippen LogP contribution in [0.1, 0.15) is 35.1 Å². The van der Waals surface area contributed by atoms with E-state index in [-0.39, 0.29) is 22.8 Å². The maximum atomic E-state index is 13.4. The van der Waals surface area contributed by atoms with Gasteiger partial charge in [0.2, 0.25) is 0 Å². The molecule has 0 saturated carbocycles. The molecule has 0 aliphatic carbocycles. The molecule has 2 aromatic heterocycles. The largest absolute Gasteiger partial charge is 0.478 e. The van der Waals surface area contributed by atoms with Gasteiger partial charge in [-0.1, -0.05) is 29.0 Å². The molecule has 0 saturated heterocycles. The Hall–Kier alpha value is -3.21. The number of thiophene rings is 1. The molecule has 0 fully saturated rings. The van der Waals surface area contributed by atoms with Gasteiger partial charge in [-0.2, -0.15) is 0 Å². The second-order valence-electron chi connectivity index (χ2n) is 6.96. The quantitative estimate of drug-likeness (QED) is 0.500. The fourth-order valence-electron chi connectivity index (χ4n) is 3.44. The molecule has 3 aromatic rings. The van der Waals surface area contributed by atoms with Crippen molar-refractivity contribution < 1.29 is 19.4 Å². The fourth-order valence-corrected chi connectivity index (χ4v) is 5.43. The Morgan fingerprint density at radius 1 is 1.36 bits per heavy atom. The molecule has 3 heterocycles. The number of esters is 1. The van der Waals surface area contributed by atoms with Crippen LogP contribution in [0, 0.1) is 0 Å². The summed E-state index contributed by atoms with van der Waals surface area (Å²) in [6.45, 7) is 3.66. The Morgan fingerprint density at radius 3 is 2.82 bits per heavy atom. The van der Waals surface area contributed by atoms with Crippen molar-refractivity contribution in [2.75, 3.05) is 11.9 Å². The molecule has 1 aromatic carbocycles. The molecule has 8 nitrogen and oxygen atoms in total. The van der Waals surface area contributed by atoms with Gasteiger partial charge in [0.1, 0.15) is 10.6 Å².